The summed E-state index contributed by atoms with van der Waals surface area (Å²) in [4.78, 5) is -0.146. The Bertz CT molecular complexity index is 510. The van der Waals surface area contributed by atoms with Crippen molar-refractivity contribution >= 4 is 17.2 Å². The second kappa shape index (κ2) is 6.62. The molecule has 0 amide bonds. The van der Waals surface area contributed by atoms with E-state index in [2.05, 4.69) is 0 Å². The van der Waals surface area contributed by atoms with Gasteiger partial charge in [-0.15, -0.1) is 0 Å². The first kappa shape index (κ1) is 17.7. The number of benzene rings is 1. The molecule has 0 atom stereocenters. The SMILES string of the molecule is CC(C)(C)OCCOc1ccc(C(F)(F)F)cc1C(N)=S. The van der Waals surface area contributed by atoms with Crippen LogP contribution >= 0.6 is 12.2 Å². The molecule has 21 heavy (non-hydrogen) atoms. The van der Waals surface area contributed by atoms with Gasteiger partial charge in [-0.05, 0) is 39.0 Å². The van der Waals surface area contributed by atoms with Crippen molar-refractivity contribution in [1.29, 1.82) is 0 Å². The second-order valence-electron chi connectivity index (χ2n) is 5.38. The van der Waals surface area contributed by atoms with E-state index in [0.29, 0.717) is 6.61 Å². The third kappa shape index (κ3) is 5.89. The van der Waals surface area contributed by atoms with Crippen molar-refractivity contribution < 1.29 is 22.6 Å². The Balaban J connectivity index is 2.81. The quantitative estimate of drug-likeness (QED) is 0.665. The molecule has 0 spiro atoms. The van der Waals surface area contributed by atoms with Crippen LogP contribution in [0.2, 0.25) is 0 Å². The van der Waals surface area contributed by atoms with Crippen molar-refractivity contribution in [2.45, 2.75) is 32.5 Å². The van der Waals surface area contributed by atoms with Crippen molar-refractivity contribution in [3.8, 4) is 5.75 Å². The molecular formula is C14H18F3NO2S. The molecule has 1 aromatic carbocycles. The molecule has 0 aromatic heterocycles. The van der Waals surface area contributed by atoms with Gasteiger partial charge in [-0.25, -0.2) is 0 Å². The number of hydrogen-bond acceptors (Lipinski definition) is 3. The molecule has 0 saturated carbocycles. The molecule has 2 N–H and O–H groups in total. The highest BCUT2D eigenvalue weighted by Crippen LogP contribution is 2.32. The number of hydrogen-bond donors (Lipinski definition) is 1. The maximum Gasteiger partial charge on any atom is 0.416 e. The van der Waals surface area contributed by atoms with Gasteiger partial charge in [-0.2, -0.15) is 13.2 Å². The Morgan fingerprint density at radius 3 is 2.29 bits per heavy atom. The fraction of sp³-hybridized carbons (Fsp3) is 0.500. The van der Waals surface area contributed by atoms with E-state index >= 15 is 0 Å². The summed E-state index contributed by atoms with van der Waals surface area (Å²) in [6.07, 6.45) is -4.45. The monoisotopic (exact) mass is 321 g/mol. The molecule has 0 aliphatic carbocycles. The summed E-state index contributed by atoms with van der Waals surface area (Å²) in [5.74, 6) is 0.216. The first-order chi connectivity index (χ1) is 9.50. The standard InChI is InChI=1S/C14H18F3NO2S/c1-13(2,3)20-7-6-19-11-5-4-9(14(15,16)17)8-10(11)12(18)21/h4-5,8H,6-7H2,1-3H3,(H2,18,21). The number of alkyl halides is 3. The average Bonchev–Trinajstić information content (AvgIpc) is 2.32. The van der Waals surface area contributed by atoms with Crippen LogP contribution in [-0.4, -0.2) is 23.8 Å². The molecule has 3 nitrogen and oxygen atoms in total. The number of thiocarbonyl (C=S) groups is 1. The fourth-order valence-electron chi connectivity index (χ4n) is 1.52. The summed E-state index contributed by atoms with van der Waals surface area (Å²) in [5.41, 5.74) is 4.39. The molecule has 0 bridgehead atoms. The number of nitrogens with two attached hydrogens (primary N) is 1. The molecule has 0 aliphatic rings. The van der Waals surface area contributed by atoms with E-state index < -0.39 is 11.7 Å². The van der Waals surface area contributed by atoms with E-state index in [4.69, 9.17) is 27.4 Å². The van der Waals surface area contributed by atoms with Crippen LogP contribution in [0.25, 0.3) is 0 Å². The summed E-state index contributed by atoms with van der Waals surface area (Å²) in [6.45, 7) is 6.18. The van der Waals surface area contributed by atoms with Crippen molar-refractivity contribution in [2.75, 3.05) is 13.2 Å². The van der Waals surface area contributed by atoms with Gasteiger partial charge in [-0.3, -0.25) is 0 Å². The first-order valence-electron chi connectivity index (χ1n) is 6.28. The predicted octanol–water partition coefficient (Wildman–Crippen LogP) is 3.53. The molecule has 7 heteroatoms. The van der Waals surface area contributed by atoms with Gasteiger partial charge in [0.2, 0.25) is 0 Å². The van der Waals surface area contributed by atoms with Gasteiger partial charge in [0.15, 0.2) is 0 Å². The molecular weight excluding hydrogens is 303 g/mol. The van der Waals surface area contributed by atoms with Gasteiger partial charge in [0, 0.05) is 0 Å². The zero-order valence-electron chi connectivity index (χ0n) is 12.1. The maximum atomic E-state index is 12.7. The molecule has 0 unspecified atom stereocenters. The van der Waals surface area contributed by atoms with Crippen molar-refractivity contribution in [3.63, 3.8) is 0 Å². The first-order valence-corrected chi connectivity index (χ1v) is 6.69. The predicted molar refractivity (Wildman–Crippen MR) is 78.5 cm³/mol. The van der Waals surface area contributed by atoms with E-state index in [1.54, 1.807) is 0 Å². The minimum atomic E-state index is -4.45. The van der Waals surface area contributed by atoms with Crippen LogP contribution in [0, 0.1) is 0 Å². The zero-order valence-corrected chi connectivity index (χ0v) is 12.9. The Hall–Kier alpha value is -1.34. The number of ether oxygens (including phenoxy) is 2. The maximum absolute atomic E-state index is 12.7. The van der Waals surface area contributed by atoms with E-state index in [1.165, 1.54) is 6.07 Å². The van der Waals surface area contributed by atoms with Crippen molar-refractivity contribution in [1.82, 2.24) is 0 Å². The number of halogens is 3. The minimum absolute atomic E-state index is 0.0654. The smallest absolute Gasteiger partial charge is 0.416 e. The third-order valence-electron chi connectivity index (χ3n) is 2.45. The van der Waals surface area contributed by atoms with Crippen LogP contribution in [-0.2, 0) is 10.9 Å². The lowest BCUT2D eigenvalue weighted by atomic mass is 10.1. The average molecular weight is 321 g/mol. The van der Waals surface area contributed by atoms with Crippen LogP contribution < -0.4 is 10.5 Å². The highest BCUT2D eigenvalue weighted by molar-refractivity contribution is 7.80. The highest BCUT2D eigenvalue weighted by atomic mass is 32.1. The molecule has 0 saturated heterocycles. The topological polar surface area (TPSA) is 44.5 Å². The normalized spacial score (nSPS) is 12.3. The third-order valence-corrected chi connectivity index (χ3v) is 2.67. The van der Waals surface area contributed by atoms with Gasteiger partial charge in [-0.1, -0.05) is 12.2 Å². The van der Waals surface area contributed by atoms with Gasteiger partial charge in [0.05, 0.1) is 23.3 Å². The minimum Gasteiger partial charge on any atom is -0.490 e. The van der Waals surface area contributed by atoms with Crippen LogP contribution in [0.15, 0.2) is 18.2 Å². The van der Waals surface area contributed by atoms with Crippen molar-refractivity contribution in [2.24, 2.45) is 5.73 Å². The largest absolute Gasteiger partial charge is 0.490 e. The van der Waals surface area contributed by atoms with Crippen molar-refractivity contribution in [3.05, 3.63) is 29.3 Å². The Labute approximate surface area is 127 Å². The van der Waals surface area contributed by atoms with E-state index in [-0.39, 0.29) is 28.5 Å². The summed E-state index contributed by atoms with van der Waals surface area (Å²) >= 11 is 4.77. The second-order valence-corrected chi connectivity index (χ2v) is 5.82. The lowest BCUT2D eigenvalue weighted by molar-refractivity contribution is -0.137. The van der Waals surface area contributed by atoms with Gasteiger partial charge < -0.3 is 15.2 Å². The summed E-state index contributed by atoms with van der Waals surface area (Å²) in [6, 6.07) is 3.04. The highest BCUT2D eigenvalue weighted by Gasteiger charge is 2.31. The Morgan fingerprint density at radius 2 is 1.81 bits per heavy atom. The van der Waals surface area contributed by atoms with Crippen LogP contribution in [0.5, 0.6) is 5.75 Å². The molecule has 0 fully saturated rings. The van der Waals surface area contributed by atoms with Gasteiger partial charge >= 0.3 is 6.18 Å². The Morgan fingerprint density at radius 1 is 1.19 bits per heavy atom. The molecule has 0 heterocycles. The van der Waals surface area contributed by atoms with E-state index in [1.807, 2.05) is 20.8 Å². The molecule has 1 rings (SSSR count). The van der Waals surface area contributed by atoms with E-state index in [9.17, 15) is 13.2 Å². The summed E-state index contributed by atoms with van der Waals surface area (Å²) in [5, 5.41) is 0. The summed E-state index contributed by atoms with van der Waals surface area (Å²) < 4.78 is 48.8. The van der Waals surface area contributed by atoms with E-state index in [0.717, 1.165) is 12.1 Å². The summed E-state index contributed by atoms with van der Waals surface area (Å²) in [7, 11) is 0. The zero-order chi connectivity index (χ0) is 16.3. The van der Waals surface area contributed by atoms with Gasteiger partial charge in [0.1, 0.15) is 17.3 Å². The molecule has 0 aliphatic heterocycles. The van der Waals surface area contributed by atoms with Gasteiger partial charge in [0.25, 0.3) is 0 Å². The van der Waals surface area contributed by atoms with Crippen LogP contribution in [0.4, 0.5) is 13.2 Å². The lowest BCUT2D eigenvalue weighted by Crippen LogP contribution is -2.23. The molecule has 118 valence electrons. The fourth-order valence-corrected chi connectivity index (χ4v) is 1.68. The molecule has 0 radical (unpaired) electrons. The van der Waals surface area contributed by atoms with Crippen LogP contribution in [0.1, 0.15) is 31.9 Å². The van der Waals surface area contributed by atoms with Crippen LogP contribution in [0.3, 0.4) is 0 Å². The number of rotatable bonds is 5. The molecule has 1 aromatic rings. The Kier molecular flexibility index (Phi) is 5.58. The lowest BCUT2D eigenvalue weighted by Gasteiger charge is -2.20.